The van der Waals surface area contributed by atoms with Gasteiger partial charge in [-0.05, 0) is 32.6 Å². The van der Waals surface area contributed by atoms with Crippen molar-refractivity contribution in [3.05, 3.63) is 0 Å². The zero-order valence-corrected chi connectivity index (χ0v) is 14.3. The van der Waals surface area contributed by atoms with Crippen LogP contribution in [0.2, 0.25) is 0 Å². The van der Waals surface area contributed by atoms with Gasteiger partial charge in [0.2, 0.25) is 0 Å². The number of carbonyl (C=O) groups is 3. The van der Waals surface area contributed by atoms with Crippen molar-refractivity contribution in [1.82, 2.24) is 0 Å². The molecule has 0 radical (unpaired) electrons. The minimum absolute atomic E-state index is 0.0614. The molecule has 5 atom stereocenters. The van der Waals surface area contributed by atoms with Crippen LogP contribution in [0.4, 0.5) is 0 Å². The zero-order valence-electron chi connectivity index (χ0n) is 14.3. The van der Waals surface area contributed by atoms with Gasteiger partial charge in [-0.15, -0.1) is 0 Å². The zero-order chi connectivity index (χ0) is 17.2. The lowest BCUT2D eigenvalue weighted by atomic mass is 9.80. The summed E-state index contributed by atoms with van der Waals surface area (Å²) in [6.07, 6.45) is -0.0886. The lowest BCUT2D eigenvalue weighted by molar-refractivity contribution is -0.172. The van der Waals surface area contributed by atoms with E-state index in [0.717, 1.165) is 0 Å². The molecular weight excluding hydrogens is 300 g/mol. The summed E-state index contributed by atoms with van der Waals surface area (Å²) in [5, 5.41) is 0. The van der Waals surface area contributed by atoms with Crippen molar-refractivity contribution in [1.29, 1.82) is 0 Å². The summed E-state index contributed by atoms with van der Waals surface area (Å²) in [7, 11) is 0. The van der Waals surface area contributed by atoms with Crippen LogP contribution in [0.1, 0.15) is 41.0 Å². The third-order valence-corrected chi connectivity index (χ3v) is 5.59. The molecule has 1 aliphatic heterocycles. The van der Waals surface area contributed by atoms with Gasteiger partial charge < -0.3 is 14.2 Å². The number of rotatable bonds is 3. The summed E-state index contributed by atoms with van der Waals surface area (Å²) in [6, 6.07) is 0. The van der Waals surface area contributed by atoms with Gasteiger partial charge in [0.25, 0.3) is 0 Å². The van der Waals surface area contributed by atoms with E-state index < -0.39 is 30.1 Å². The Morgan fingerprint density at radius 3 is 2.57 bits per heavy atom. The molecule has 0 aromatic heterocycles. The second-order valence-electron chi connectivity index (χ2n) is 8.48. The van der Waals surface area contributed by atoms with Crippen LogP contribution < -0.4 is 0 Å². The van der Waals surface area contributed by atoms with Gasteiger partial charge in [0, 0.05) is 11.8 Å². The number of ether oxygens (including phenoxy) is 3. The highest BCUT2D eigenvalue weighted by Crippen LogP contribution is 2.65. The Morgan fingerprint density at radius 1 is 1.30 bits per heavy atom. The summed E-state index contributed by atoms with van der Waals surface area (Å²) in [5.41, 5.74) is -0.753. The Hall–Kier alpha value is -1.59. The van der Waals surface area contributed by atoms with Gasteiger partial charge in [-0.1, -0.05) is 13.8 Å². The van der Waals surface area contributed by atoms with Crippen molar-refractivity contribution >= 4 is 17.9 Å². The first-order chi connectivity index (χ1) is 10.5. The third kappa shape index (κ3) is 2.42. The number of carbonyl (C=O) groups excluding carboxylic acids is 3. The maximum absolute atomic E-state index is 12.0. The van der Waals surface area contributed by atoms with Crippen LogP contribution in [0.3, 0.4) is 0 Å². The molecule has 3 aliphatic rings. The minimum atomic E-state index is -0.664. The molecule has 0 N–H and O–H groups in total. The van der Waals surface area contributed by atoms with Crippen molar-refractivity contribution in [3.63, 3.8) is 0 Å². The monoisotopic (exact) mass is 324 g/mol. The minimum Gasteiger partial charge on any atom is -0.458 e. The lowest BCUT2D eigenvalue weighted by Crippen LogP contribution is -2.37. The van der Waals surface area contributed by atoms with E-state index in [2.05, 4.69) is 13.8 Å². The maximum Gasteiger partial charge on any atom is 0.344 e. The summed E-state index contributed by atoms with van der Waals surface area (Å²) in [5.74, 6) is -1.06. The Morgan fingerprint density at radius 2 is 1.96 bits per heavy atom. The molecule has 2 saturated carbocycles. The molecule has 0 spiro atoms. The molecule has 6 nitrogen and oxygen atoms in total. The van der Waals surface area contributed by atoms with Gasteiger partial charge in [-0.2, -0.15) is 0 Å². The topological polar surface area (TPSA) is 78.9 Å². The molecule has 2 bridgehead atoms. The Labute approximate surface area is 135 Å². The largest absolute Gasteiger partial charge is 0.458 e. The first-order valence-electron chi connectivity index (χ1n) is 8.10. The number of hydrogen-bond acceptors (Lipinski definition) is 6. The van der Waals surface area contributed by atoms with Gasteiger partial charge >= 0.3 is 17.9 Å². The van der Waals surface area contributed by atoms with Crippen molar-refractivity contribution < 1.29 is 28.6 Å². The standard InChI is InChI=1S/C17H24O6/c1-16(2,3)15(20)21-7-10(18)22-12-9-6-8-11(17(9,4)5)13(12)23-14(8)19/h8-9,11-13H,6-7H2,1-5H3. The van der Waals surface area contributed by atoms with Gasteiger partial charge in [0.05, 0.1) is 11.3 Å². The van der Waals surface area contributed by atoms with E-state index in [1.807, 2.05) is 0 Å². The van der Waals surface area contributed by atoms with Crippen molar-refractivity contribution in [2.24, 2.45) is 28.6 Å². The number of hydrogen-bond donors (Lipinski definition) is 0. The summed E-state index contributed by atoms with van der Waals surface area (Å²) < 4.78 is 16.0. The Balaban J connectivity index is 1.62. The lowest BCUT2D eigenvalue weighted by Gasteiger charge is -2.26. The average Bonchev–Trinajstić information content (AvgIpc) is 2.91. The molecule has 1 saturated heterocycles. The molecular formula is C17H24O6. The molecule has 1 heterocycles. The number of esters is 3. The molecule has 3 fully saturated rings. The summed E-state index contributed by atoms with van der Waals surface area (Å²) >= 11 is 0. The fraction of sp³-hybridized carbons (Fsp3) is 0.824. The van der Waals surface area contributed by atoms with Gasteiger partial charge in [0.1, 0.15) is 12.2 Å². The highest BCUT2D eigenvalue weighted by molar-refractivity contribution is 5.80. The first-order valence-corrected chi connectivity index (χ1v) is 8.10. The highest BCUT2D eigenvalue weighted by Gasteiger charge is 2.71. The highest BCUT2D eigenvalue weighted by atomic mass is 16.6. The molecule has 0 amide bonds. The molecule has 2 aliphatic carbocycles. The fourth-order valence-corrected chi connectivity index (χ4v) is 4.41. The maximum atomic E-state index is 12.0. The van der Waals surface area contributed by atoms with Gasteiger partial charge in [-0.25, -0.2) is 4.79 Å². The summed E-state index contributed by atoms with van der Waals surface area (Å²) in [6.45, 7) is 8.95. The van der Waals surface area contributed by atoms with E-state index in [9.17, 15) is 14.4 Å². The Kier molecular flexibility index (Phi) is 3.50. The van der Waals surface area contributed by atoms with Crippen LogP contribution in [0.5, 0.6) is 0 Å². The molecule has 0 aromatic rings. The molecule has 0 aromatic carbocycles. The fourth-order valence-electron chi connectivity index (χ4n) is 4.41. The predicted octanol–water partition coefficient (Wildman–Crippen LogP) is 1.70. The molecule has 23 heavy (non-hydrogen) atoms. The van der Waals surface area contributed by atoms with Crippen LogP contribution in [0.15, 0.2) is 0 Å². The molecule has 128 valence electrons. The van der Waals surface area contributed by atoms with Gasteiger partial charge in [-0.3, -0.25) is 9.59 Å². The van der Waals surface area contributed by atoms with Crippen molar-refractivity contribution in [2.75, 3.05) is 6.61 Å². The second-order valence-corrected chi connectivity index (χ2v) is 8.48. The van der Waals surface area contributed by atoms with E-state index >= 15 is 0 Å². The van der Waals surface area contributed by atoms with E-state index in [-0.39, 0.29) is 35.2 Å². The SMILES string of the molecule is CC(C)(C)C(=O)OCC(=O)OC1C2OC(=O)C3CC1C(C)(C)C32. The normalized spacial score (nSPS) is 36.7. The third-order valence-electron chi connectivity index (χ3n) is 5.59. The molecule has 6 heteroatoms. The van der Waals surface area contributed by atoms with E-state index in [0.29, 0.717) is 6.42 Å². The van der Waals surface area contributed by atoms with E-state index in [1.165, 1.54) is 0 Å². The molecule has 5 unspecified atom stereocenters. The quantitative estimate of drug-likeness (QED) is 0.581. The van der Waals surface area contributed by atoms with Crippen molar-refractivity contribution in [3.8, 4) is 0 Å². The number of fused-ring (bicyclic) bond motifs is 1. The average molecular weight is 324 g/mol. The van der Waals surface area contributed by atoms with Crippen LogP contribution in [-0.4, -0.2) is 36.7 Å². The van der Waals surface area contributed by atoms with E-state index in [4.69, 9.17) is 14.2 Å². The predicted molar refractivity (Wildman–Crippen MR) is 79.0 cm³/mol. The van der Waals surface area contributed by atoms with Crippen LogP contribution in [0, 0.1) is 28.6 Å². The summed E-state index contributed by atoms with van der Waals surface area (Å²) in [4.78, 5) is 35.6. The second kappa shape index (κ2) is 4.95. The van der Waals surface area contributed by atoms with Crippen LogP contribution in [0.25, 0.3) is 0 Å². The van der Waals surface area contributed by atoms with Crippen LogP contribution >= 0.6 is 0 Å². The smallest absolute Gasteiger partial charge is 0.344 e. The van der Waals surface area contributed by atoms with E-state index in [1.54, 1.807) is 20.8 Å². The first kappa shape index (κ1) is 16.3. The van der Waals surface area contributed by atoms with Gasteiger partial charge in [0.15, 0.2) is 6.61 Å². The van der Waals surface area contributed by atoms with Crippen LogP contribution in [-0.2, 0) is 28.6 Å². The van der Waals surface area contributed by atoms with Crippen molar-refractivity contribution in [2.45, 2.75) is 53.2 Å². The Bertz CT molecular complexity index is 558. The molecule has 3 rings (SSSR count).